The highest BCUT2D eigenvalue weighted by Gasteiger charge is 2.21. The van der Waals surface area contributed by atoms with Crippen molar-refractivity contribution in [3.05, 3.63) is 104 Å². The highest BCUT2D eigenvalue weighted by Crippen LogP contribution is 2.20. The number of aliphatic hydroxyl groups is 1. The maximum absolute atomic E-state index is 13.1. The highest BCUT2D eigenvalue weighted by molar-refractivity contribution is 7.09. The molecule has 0 aliphatic rings. The van der Waals surface area contributed by atoms with Crippen LogP contribution in [0.15, 0.2) is 77.8 Å². The molecular weight excluding hydrogens is 621 g/mol. The lowest BCUT2D eigenvalue weighted by Gasteiger charge is -2.25. The summed E-state index contributed by atoms with van der Waals surface area (Å²) in [4.78, 5) is 37.1. The monoisotopic (exact) mass is 664 g/mol. The van der Waals surface area contributed by atoms with Gasteiger partial charge in [-0.05, 0) is 43.9 Å². The number of carbonyl (C=O) groups is 2. The number of hydrogen-bond donors (Lipinski definition) is 4. The molecule has 4 N–H and O–H groups in total. The zero-order valence-electron chi connectivity index (χ0n) is 26.6. The first-order valence-corrected chi connectivity index (χ1v) is 17.2. The van der Waals surface area contributed by atoms with Gasteiger partial charge in [0.1, 0.15) is 6.61 Å². The molecule has 0 aliphatic heterocycles. The van der Waals surface area contributed by atoms with Crippen molar-refractivity contribution in [2.45, 2.75) is 77.0 Å². The number of ether oxygens (including phenoxy) is 1. The number of benzene rings is 2. The molecular formula is C34H44N6O4S2. The Bertz CT molecular complexity index is 1450. The van der Waals surface area contributed by atoms with Crippen LogP contribution < -0.4 is 16.0 Å². The Morgan fingerprint density at radius 3 is 2.13 bits per heavy atom. The van der Waals surface area contributed by atoms with Crippen molar-refractivity contribution < 1.29 is 19.4 Å². The Labute approximate surface area is 279 Å². The zero-order valence-corrected chi connectivity index (χ0v) is 28.2. The topological polar surface area (TPSA) is 129 Å². The zero-order chi connectivity index (χ0) is 32.7. The lowest BCUT2D eigenvalue weighted by molar-refractivity contribution is -0.122. The Morgan fingerprint density at radius 1 is 0.935 bits per heavy atom. The van der Waals surface area contributed by atoms with Gasteiger partial charge in [-0.2, -0.15) is 0 Å². The molecule has 0 radical (unpaired) electrons. The van der Waals surface area contributed by atoms with Gasteiger partial charge in [0.25, 0.3) is 0 Å². The van der Waals surface area contributed by atoms with E-state index in [-0.39, 0.29) is 31.1 Å². The third kappa shape index (κ3) is 12.3. The van der Waals surface area contributed by atoms with E-state index in [1.165, 1.54) is 11.3 Å². The van der Waals surface area contributed by atoms with E-state index in [1.54, 1.807) is 35.0 Å². The predicted octanol–water partition coefficient (Wildman–Crippen LogP) is 5.07. The van der Waals surface area contributed by atoms with Gasteiger partial charge in [-0.25, -0.2) is 9.78 Å². The van der Waals surface area contributed by atoms with Gasteiger partial charge in [0, 0.05) is 36.1 Å². The van der Waals surface area contributed by atoms with E-state index >= 15 is 0 Å². The van der Waals surface area contributed by atoms with E-state index in [9.17, 15) is 14.7 Å². The minimum Gasteiger partial charge on any atom is -0.444 e. The van der Waals surface area contributed by atoms with Gasteiger partial charge in [-0.3, -0.25) is 20.0 Å². The summed E-state index contributed by atoms with van der Waals surface area (Å²) in [5.41, 5.74) is 4.78. The fraction of sp³-hybridized carbons (Fsp3) is 0.412. The Hall–Kier alpha value is -3.68. The van der Waals surface area contributed by atoms with Gasteiger partial charge in [0.15, 0.2) is 6.35 Å². The Balaban J connectivity index is 1.33. The number of thiazole rings is 2. The van der Waals surface area contributed by atoms with E-state index in [0.29, 0.717) is 38.1 Å². The molecule has 0 aliphatic carbocycles. The summed E-state index contributed by atoms with van der Waals surface area (Å²) in [5.74, 6) is 0.132. The average molecular weight is 665 g/mol. The number of alkyl carbamates (subject to hydrolysis) is 1. The standard InChI is InChI=1S/C34H44N6O4S2/c1-24(2)32-38-29(22-45-32)20-40(3)33(42)36-19-31(41)37-27(16-25-10-6-4-7-11-25)14-15-28(17-26-12-8-5-9-13-26)39-34(43)44-21-30-18-35-23-46-30/h4-13,18,22-24,27-28,33,36,42H,14-17,19-21H2,1-3H3,(H,37,41)(H,39,43). The molecule has 0 saturated heterocycles. The first-order valence-electron chi connectivity index (χ1n) is 15.5. The Morgan fingerprint density at radius 2 is 1.57 bits per heavy atom. The van der Waals surface area contributed by atoms with Crippen LogP contribution in [-0.2, 0) is 35.5 Å². The summed E-state index contributed by atoms with van der Waals surface area (Å²) in [6.07, 6.45) is 2.68. The maximum atomic E-state index is 13.1. The molecule has 46 heavy (non-hydrogen) atoms. The number of carbonyl (C=O) groups excluding carboxylic acids is 2. The van der Waals surface area contributed by atoms with Crippen molar-refractivity contribution >= 4 is 34.7 Å². The molecule has 3 unspecified atom stereocenters. The van der Waals surface area contributed by atoms with Crippen LogP contribution in [0.1, 0.15) is 59.3 Å². The van der Waals surface area contributed by atoms with Crippen LogP contribution in [0.25, 0.3) is 0 Å². The van der Waals surface area contributed by atoms with Gasteiger partial charge < -0.3 is 20.5 Å². The van der Waals surface area contributed by atoms with E-state index in [0.717, 1.165) is 26.7 Å². The fourth-order valence-corrected chi connectivity index (χ4v) is 6.26. The molecule has 2 aromatic heterocycles. The quantitative estimate of drug-likeness (QED) is 0.109. The summed E-state index contributed by atoms with van der Waals surface area (Å²) in [6.45, 7) is 4.77. The van der Waals surface area contributed by atoms with Crippen molar-refractivity contribution in [1.82, 2.24) is 30.8 Å². The lowest BCUT2D eigenvalue weighted by atomic mass is 9.96. The van der Waals surface area contributed by atoms with Gasteiger partial charge in [-0.1, -0.05) is 74.5 Å². The number of nitrogens with one attached hydrogen (secondary N) is 3. The fourth-order valence-electron chi connectivity index (χ4n) is 4.93. The third-order valence-electron chi connectivity index (χ3n) is 7.37. The Kier molecular flexibility index (Phi) is 14.1. The molecule has 246 valence electrons. The first kappa shape index (κ1) is 35.2. The van der Waals surface area contributed by atoms with E-state index in [2.05, 4.69) is 39.8 Å². The molecule has 4 rings (SSSR count). The summed E-state index contributed by atoms with van der Waals surface area (Å²) < 4.78 is 5.46. The molecule has 0 bridgehead atoms. The van der Waals surface area contributed by atoms with Gasteiger partial charge >= 0.3 is 6.09 Å². The van der Waals surface area contributed by atoms with Crippen LogP contribution in [-0.4, -0.2) is 64.0 Å². The van der Waals surface area contributed by atoms with Crippen LogP contribution in [0.5, 0.6) is 0 Å². The molecule has 0 saturated carbocycles. The predicted molar refractivity (Wildman–Crippen MR) is 182 cm³/mol. The normalized spacial score (nSPS) is 13.3. The van der Waals surface area contributed by atoms with Crippen molar-refractivity contribution in [2.75, 3.05) is 13.6 Å². The number of nitrogens with zero attached hydrogens (tertiary/aromatic N) is 3. The number of aromatic nitrogens is 2. The van der Waals surface area contributed by atoms with Crippen LogP contribution in [0.4, 0.5) is 4.79 Å². The molecule has 10 nitrogen and oxygen atoms in total. The minimum atomic E-state index is -1.02. The lowest BCUT2D eigenvalue weighted by Crippen LogP contribution is -2.49. The van der Waals surface area contributed by atoms with Gasteiger partial charge in [0.05, 0.1) is 27.6 Å². The largest absolute Gasteiger partial charge is 0.444 e. The van der Waals surface area contributed by atoms with Crippen LogP contribution in [0.2, 0.25) is 0 Å². The first-order chi connectivity index (χ1) is 22.2. The van der Waals surface area contributed by atoms with Gasteiger partial charge in [-0.15, -0.1) is 22.7 Å². The SMILES string of the molecule is CC(C)c1nc(CN(C)C(O)NCC(=O)NC(CCC(Cc2ccccc2)NC(=O)OCc2cncs2)Cc2ccccc2)cs1. The average Bonchev–Trinajstić information content (AvgIpc) is 3.75. The number of aliphatic hydroxyl groups excluding tert-OH is 1. The van der Waals surface area contributed by atoms with Crippen LogP contribution >= 0.6 is 22.7 Å². The second-order valence-electron chi connectivity index (χ2n) is 11.6. The smallest absolute Gasteiger partial charge is 0.407 e. The van der Waals surface area contributed by atoms with Crippen molar-refractivity contribution in [3.8, 4) is 0 Å². The molecule has 12 heteroatoms. The highest BCUT2D eigenvalue weighted by atomic mass is 32.1. The molecule has 2 amide bonds. The van der Waals surface area contributed by atoms with Gasteiger partial charge in [0.2, 0.25) is 5.91 Å². The third-order valence-corrected chi connectivity index (χ3v) is 9.31. The van der Waals surface area contributed by atoms with Crippen molar-refractivity contribution in [3.63, 3.8) is 0 Å². The molecule has 2 aromatic carbocycles. The minimum absolute atomic E-state index is 0.0549. The van der Waals surface area contributed by atoms with E-state index < -0.39 is 12.4 Å². The second kappa shape index (κ2) is 18.5. The maximum Gasteiger partial charge on any atom is 0.407 e. The molecule has 2 heterocycles. The van der Waals surface area contributed by atoms with Crippen LogP contribution in [0.3, 0.4) is 0 Å². The van der Waals surface area contributed by atoms with E-state index in [1.807, 2.05) is 66.0 Å². The van der Waals surface area contributed by atoms with E-state index in [4.69, 9.17) is 4.74 Å². The van der Waals surface area contributed by atoms with Crippen LogP contribution in [0, 0.1) is 0 Å². The summed E-state index contributed by atoms with van der Waals surface area (Å²) in [5, 5.41) is 22.8. The summed E-state index contributed by atoms with van der Waals surface area (Å²) >= 11 is 3.05. The number of rotatable bonds is 18. The molecule has 0 fully saturated rings. The number of hydrogen-bond acceptors (Lipinski definition) is 10. The molecule has 4 aromatic rings. The number of amides is 2. The summed E-state index contributed by atoms with van der Waals surface area (Å²) in [7, 11) is 1.78. The molecule has 3 atom stereocenters. The molecule has 0 spiro atoms. The summed E-state index contributed by atoms with van der Waals surface area (Å²) in [6, 6.07) is 19.6. The van der Waals surface area contributed by atoms with Crippen molar-refractivity contribution in [2.24, 2.45) is 0 Å². The van der Waals surface area contributed by atoms with Crippen molar-refractivity contribution in [1.29, 1.82) is 0 Å². The second-order valence-corrected chi connectivity index (χ2v) is 13.5.